The van der Waals surface area contributed by atoms with Crippen LogP contribution in [0.5, 0.6) is 0 Å². The number of carbonyl (C=O) groups excluding carboxylic acids is 1. The molecule has 11 heteroatoms. The van der Waals surface area contributed by atoms with Gasteiger partial charge in [-0.15, -0.1) is 0 Å². The van der Waals surface area contributed by atoms with Crippen LogP contribution < -0.4 is 0 Å². The van der Waals surface area contributed by atoms with E-state index < -0.39 is 67.5 Å². The molecule has 1 aliphatic carbocycles. The summed E-state index contributed by atoms with van der Waals surface area (Å²) >= 11 is 0. The van der Waals surface area contributed by atoms with Crippen molar-refractivity contribution in [3.8, 4) is 0 Å². The van der Waals surface area contributed by atoms with Crippen LogP contribution in [0.25, 0.3) is 0 Å². The molecule has 0 saturated carbocycles. The maximum absolute atomic E-state index is 11.9. The van der Waals surface area contributed by atoms with Gasteiger partial charge in [0.25, 0.3) is 0 Å². The van der Waals surface area contributed by atoms with E-state index in [-0.39, 0.29) is 23.7 Å². The molecule has 3 rings (SSSR count). The van der Waals surface area contributed by atoms with Crippen LogP contribution in [0.4, 0.5) is 0 Å². The van der Waals surface area contributed by atoms with Gasteiger partial charge in [-0.3, -0.25) is 4.79 Å². The first-order valence-corrected chi connectivity index (χ1v) is 12.3. The van der Waals surface area contributed by atoms with Crippen LogP contribution in [-0.2, 0) is 23.7 Å². The lowest BCUT2D eigenvalue weighted by atomic mass is 9.68. The minimum absolute atomic E-state index is 0.0187. The average molecular weight is 517 g/mol. The molecule has 0 aromatic carbocycles. The van der Waals surface area contributed by atoms with Gasteiger partial charge in [0.15, 0.2) is 18.4 Å². The van der Waals surface area contributed by atoms with Crippen molar-refractivity contribution in [1.29, 1.82) is 0 Å². The Morgan fingerprint density at radius 3 is 2.25 bits per heavy atom. The number of aliphatic hydroxyl groups is 6. The van der Waals surface area contributed by atoms with Crippen LogP contribution in [0.3, 0.4) is 0 Å². The topological polar surface area (TPSA) is 175 Å². The Hall–Kier alpha value is -1.25. The molecule has 11 nitrogen and oxygen atoms in total. The van der Waals surface area contributed by atoms with Crippen LogP contribution in [0.1, 0.15) is 41.0 Å². The standard InChI is InChI=1S/C25H40O11/c1-11-8-14(26)9-25(4,5)15(11)7-6-12(2)34-24-22(32)20(30)18(28)16(36-24)10-33-23-21(31)19(29)17(27)13(3)35-23/h6-8,12-13,15-24,27-32H,9-10H2,1-5H3/b7-6+. The van der Waals surface area contributed by atoms with E-state index in [4.69, 9.17) is 18.9 Å². The van der Waals surface area contributed by atoms with E-state index in [9.17, 15) is 35.4 Å². The van der Waals surface area contributed by atoms with E-state index in [0.717, 1.165) is 5.57 Å². The molecule has 12 atom stereocenters. The van der Waals surface area contributed by atoms with Gasteiger partial charge in [0.1, 0.15) is 42.7 Å². The van der Waals surface area contributed by atoms with Crippen molar-refractivity contribution in [2.24, 2.45) is 11.3 Å². The van der Waals surface area contributed by atoms with E-state index in [1.54, 1.807) is 19.1 Å². The first-order valence-electron chi connectivity index (χ1n) is 12.3. The molecule has 0 bridgehead atoms. The molecule has 0 aromatic rings. The Kier molecular flexibility index (Phi) is 9.48. The molecule has 12 unspecified atom stereocenters. The van der Waals surface area contributed by atoms with E-state index in [2.05, 4.69) is 0 Å². The Morgan fingerprint density at radius 2 is 1.61 bits per heavy atom. The SMILES string of the molecule is CC1=CC(=O)CC(C)(C)C1/C=C/C(C)OC1OC(COC2OC(C)C(O)C(O)C2O)C(O)C(O)C1O. The van der Waals surface area contributed by atoms with Crippen molar-refractivity contribution in [2.75, 3.05) is 6.61 Å². The van der Waals surface area contributed by atoms with E-state index >= 15 is 0 Å². The number of ether oxygens (including phenoxy) is 4. The molecular formula is C25H40O11. The molecule has 3 aliphatic rings. The number of rotatable bonds is 7. The first kappa shape index (κ1) is 29.3. The molecule has 0 aromatic heterocycles. The zero-order chi connectivity index (χ0) is 26.9. The molecule has 6 N–H and O–H groups in total. The van der Waals surface area contributed by atoms with Gasteiger partial charge in [-0.25, -0.2) is 0 Å². The number of hydrogen-bond donors (Lipinski definition) is 6. The Labute approximate surface area is 210 Å². The smallest absolute Gasteiger partial charge is 0.187 e. The fourth-order valence-electron chi connectivity index (χ4n) is 5.01. The molecule has 2 saturated heterocycles. The summed E-state index contributed by atoms with van der Waals surface area (Å²) < 4.78 is 22.3. The van der Waals surface area contributed by atoms with Crippen molar-refractivity contribution in [2.45, 2.75) is 109 Å². The van der Waals surface area contributed by atoms with Crippen molar-refractivity contribution in [3.63, 3.8) is 0 Å². The van der Waals surface area contributed by atoms with Gasteiger partial charge in [0, 0.05) is 12.3 Å². The number of aliphatic hydroxyl groups excluding tert-OH is 6. The van der Waals surface area contributed by atoms with Crippen LogP contribution in [0, 0.1) is 11.3 Å². The Morgan fingerprint density at radius 1 is 1.00 bits per heavy atom. The van der Waals surface area contributed by atoms with E-state index in [0.29, 0.717) is 6.42 Å². The Bertz CT molecular complexity index is 827. The molecule has 2 fully saturated rings. The normalized spacial score (nSPS) is 44.5. The van der Waals surface area contributed by atoms with E-state index in [1.165, 1.54) is 6.92 Å². The highest BCUT2D eigenvalue weighted by molar-refractivity contribution is 5.92. The lowest BCUT2D eigenvalue weighted by Gasteiger charge is -2.42. The summed E-state index contributed by atoms with van der Waals surface area (Å²) in [4.78, 5) is 11.9. The zero-order valence-electron chi connectivity index (χ0n) is 21.3. The fourth-order valence-corrected chi connectivity index (χ4v) is 5.01. The van der Waals surface area contributed by atoms with Crippen LogP contribution in [-0.4, -0.2) is 111 Å². The number of allylic oxidation sites excluding steroid dienone is 3. The molecule has 36 heavy (non-hydrogen) atoms. The van der Waals surface area contributed by atoms with Crippen molar-refractivity contribution >= 4 is 5.78 Å². The number of ketones is 1. The zero-order valence-corrected chi connectivity index (χ0v) is 21.3. The maximum atomic E-state index is 11.9. The van der Waals surface area contributed by atoms with Gasteiger partial charge in [-0.05, 0) is 32.3 Å². The fraction of sp³-hybridized carbons (Fsp3) is 0.800. The van der Waals surface area contributed by atoms with Crippen molar-refractivity contribution in [3.05, 3.63) is 23.8 Å². The maximum Gasteiger partial charge on any atom is 0.187 e. The minimum Gasteiger partial charge on any atom is -0.388 e. The average Bonchev–Trinajstić information content (AvgIpc) is 2.78. The quantitative estimate of drug-likeness (QED) is 0.233. The second kappa shape index (κ2) is 11.6. The van der Waals surface area contributed by atoms with Gasteiger partial charge >= 0.3 is 0 Å². The molecule has 2 aliphatic heterocycles. The van der Waals surface area contributed by atoms with Gasteiger partial charge in [-0.2, -0.15) is 0 Å². The van der Waals surface area contributed by atoms with Gasteiger partial charge in [0.05, 0.1) is 18.8 Å². The molecule has 0 amide bonds. The summed E-state index contributed by atoms with van der Waals surface area (Å²) in [5.41, 5.74) is 0.686. The van der Waals surface area contributed by atoms with Crippen LogP contribution >= 0.6 is 0 Å². The highest BCUT2D eigenvalue weighted by atomic mass is 16.7. The monoisotopic (exact) mass is 516 g/mol. The molecule has 0 radical (unpaired) electrons. The summed E-state index contributed by atoms with van der Waals surface area (Å²) in [5, 5.41) is 61.0. The van der Waals surface area contributed by atoms with E-state index in [1.807, 2.05) is 26.8 Å². The second-order valence-electron chi connectivity index (χ2n) is 10.8. The van der Waals surface area contributed by atoms with Crippen molar-refractivity contribution in [1.82, 2.24) is 0 Å². The molecule has 206 valence electrons. The summed E-state index contributed by atoms with van der Waals surface area (Å²) in [5.74, 6) is 0.113. The third kappa shape index (κ3) is 6.41. The third-order valence-corrected chi connectivity index (χ3v) is 7.18. The Balaban J connectivity index is 1.61. The summed E-state index contributed by atoms with van der Waals surface area (Å²) in [6.07, 6.45) is -8.25. The molecule has 2 heterocycles. The van der Waals surface area contributed by atoms with Crippen LogP contribution in [0.2, 0.25) is 0 Å². The summed E-state index contributed by atoms with van der Waals surface area (Å²) in [6.45, 7) is 8.82. The lowest BCUT2D eigenvalue weighted by molar-refractivity contribution is -0.330. The summed E-state index contributed by atoms with van der Waals surface area (Å²) in [7, 11) is 0. The predicted octanol–water partition coefficient (Wildman–Crippen LogP) is -0.839. The predicted molar refractivity (Wildman–Crippen MR) is 125 cm³/mol. The van der Waals surface area contributed by atoms with Crippen LogP contribution in [0.15, 0.2) is 23.8 Å². The largest absolute Gasteiger partial charge is 0.388 e. The number of carbonyl (C=O) groups is 1. The second-order valence-corrected chi connectivity index (χ2v) is 10.8. The summed E-state index contributed by atoms with van der Waals surface area (Å²) in [6, 6.07) is 0. The minimum atomic E-state index is -1.59. The highest BCUT2D eigenvalue weighted by Gasteiger charge is 2.47. The highest BCUT2D eigenvalue weighted by Crippen LogP contribution is 2.40. The number of hydrogen-bond acceptors (Lipinski definition) is 11. The first-order chi connectivity index (χ1) is 16.7. The lowest BCUT2D eigenvalue weighted by Crippen LogP contribution is -2.61. The molecule has 0 spiro atoms. The van der Waals surface area contributed by atoms with Gasteiger partial charge in [-0.1, -0.05) is 31.6 Å². The third-order valence-electron chi connectivity index (χ3n) is 7.18. The van der Waals surface area contributed by atoms with Gasteiger partial charge in [0.2, 0.25) is 0 Å². The molecular weight excluding hydrogens is 476 g/mol. The van der Waals surface area contributed by atoms with Crippen molar-refractivity contribution < 1.29 is 54.4 Å². The van der Waals surface area contributed by atoms with Gasteiger partial charge < -0.3 is 49.6 Å².